The Morgan fingerprint density at radius 1 is 1.40 bits per heavy atom. The summed E-state index contributed by atoms with van der Waals surface area (Å²) in [6, 6.07) is 0. The zero-order chi connectivity index (χ0) is 7.86. The van der Waals surface area contributed by atoms with Crippen molar-refractivity contribution in [1.29, 1.82) is 0 Å². The molecule has 0 saturated carbocycles. The summed E-state index contributed by atoms with van der Waals surface area (Å²) in [5.41, 5.74) is 0. The molecule has 0 unspecified atom stereocenters. The molecule has 0 spiro atoms. The first kappa shape index (κ1) is 18.6. The molecule has 6 heteroatoms. The van der Waals surface area contributed by atoms with Crippen LogP contribution >= 0.6 is 0 Å². The number of carbonyl (C=O) groups is 1. The minimum atomic E-state index is 0. The van der Waals surface area contributed by atoms with E-state index in [4.69, 9.17) is 0 Å². The topological polar surface area (TPSA) is 17.1 Å². The van der Waals surface area contributed by atoms with Crippen molar-refractivity contribution < 1.29 is 96.4 Å². The van der Waals surface area contributed by atoms with Crippen molar-refractivity contribution >= 4 is 14.1 Å². The molecule has 0 atom stereocenters. The van der Waals surface area contributed by atoms with Crippen LogP contribution in [-0.4, -0.2) is 14.1 Å². The number of rotatable bonds is 2. The van der Waals surface area contributed by atoms with Crippen LogP contribution in [0.4, 0.5) is 0 Å². The third-order valence-electron chi connectivity index (χ3n) is 0.412. The van der Waals surface area contributed by atoms with E-state index < -0.39 is 0 Å². The molecule has 0 bridgehead atoms. The number of Topliss-reactive ketones (excluding diaryl/α,β-unsaturated/α-hetero) is 1. The molecule has 10 heavy (non-hydrogen) atoms. The standard InChI is InChI=1S/C4H3O.Re.4W/c1-3-4(2)5;;;;;/h2H3;;;;;/q-1;;;;;. The molecule has 1 nitrogen and oxygen atoms in total. The van der Waals surface area contributed by atoms with Crippen LogP contribution in [0.1, 0.15) is 6.92 Å². The van der Waals surface area contributed by atoms with Gasteiger partial charge in [-0.3, -0.25) is 0 Å². The van der Waals surface area contributed by atoms with E-state index in [0.717, 1.165) is 3.90 Å². The van der Waals surface area contributed by atoms with E-state index in [2.05, 4.69) is 4.40 Å². The number of carbonyl (C=O) groups excluding carboxylic acids is 1. The molecule has 0 aromatic heterocycles. The summed E-state index contributed by atoms with van der Waals surface area (Å²) in [5, 5.41) is 0. The van der Waals surface area contributed by atoms with E-state index >= 15 is 0 Å². The van der Waals surface area contributed by atoms with E-state index in [1.54, 1.807) is 39.4 Å². The third kappa shape index (κ3) is 13.4. The molecule has 0 aliphatic rings. The number of ketones is 1. The molecule has 1 radical (unpaired) electrons. The molecule has 0 rings (SSSR count). The van der Waals surface area contributed by atoms with Gasteiger partial charge in [-0.15, -0.1) is 0 Å². The zero-order valence-electron chi connectivity index (χ0n) is 4.92. The summed E-state index contributed by atoms with van der Waals surface area (Å²) in [4.78, 5) is 10.3. The molecule has 0 amide bonds. The maximum atomic E-state index is 10.3. The predicted octanol–water partition coefficient (Wildman–Crippen LogP) is -0.487. The van der Waals surface area contributed by atoms with Crippen LogP contribution < -0.4 is 0 Å². The fraction of sp³-hybridized carbons (Fsp3) is 0.250. The van der Waals surface area contributed by atoms with Gasteiger partial charge in [-0.2, -0.15) is 0 Å². The Bertz CT molecular complexity index is 135. The second kappa shape index (κ2) is 14.4. The van der Waals surface area contributed by atoms with E-state index in [1.807, 2.05) is 0 Å². The van der Waals surface area contributed by atoms with E-state index in [-0.39, 0.29) is 26.2 Å². The Labute approximate surface area is 115 Å². The van der Waals surface area contributed by atoms with Gasteiger partial charge in [-0.1, -0.05) is 0 Å². The predicted molar refractivity (Wildman–Crippen MR) is 20.7 cm³/mol. The van der Waals surface area contributed by atoms with Crippen molar-refractivity contribution in [1.82, 2.24) is 0 Å². The molecule has 0 saturated heterocycles. The maximum absolute atomic E-state index is 10.3. The first-order valence-electron chi connectivity index (χ1n) is 1.78. The fourth-order valence-corrected chi connectivity index (χ4v) is 0.588. The van der Waals surface area contributed by atoms with Crippen molar-refractivity contribution in [3.63, 3.8) is 0 Å². The second-order valence-corrected chi connectivity index (χ2v) is 3.19. The van der Waals surface area contributed by atoms with Crippen LogP contribution in [0.15, 0.2) is 0 Å². The molecule has 0 fully saturated rings. The second-order valence-electron chi connectivity index (χ2n) is 0.987. The SMILES string of the molecule is CC(=O)[C](=[W])[C-]=[W].[Re].[W]=[W]. The van der Waals surface area contributed by atoms with Crippen LogP contribution in [0.5, 0.6) is 0 Å². The van der Waals surface area contributed by atoms with Crippen LogP contribution in [0.25, 0.3) is 0 Å². The van der Waals surface area contributed by atoms with Gasteiger partial charge in [0.25, 0.3) is 0 Å². The molecular formula is C4H3OReW4-. The van der Waals surface area contributed by atoms with Gasteiger partial charge >= 0.3 is 97.0 Å². The first-order valence-corrected chi connectivity index (χ1v) is 15.7. The van der Waals surface area contributed by atoms with Gasteiger partial charge in [0.05, 0.1) is 0 Å². The summed E-state index contributed by atoms with van der Waals surface area (Å²) in [7, 11) is 0. The number of hydrogen-bond donors (Lipinski definition) is 0. The van der Waals surface area contributed by atoms with Crippen molar-refractivity contribution in [2.45, 2.75) is 6.92 Å². The van der Waals surface area contributed by atoms with Gasteiger partial charge in [0.15, 0.2) is 0 Å². The molecule has 0 aliphatic heterocycles. The average Bonchev–Trinajstić information content (AvgIpc) is 1.91. The Hall–Kier alpha value is 2.83. The Morgan fingerprint density at radius 3 is 1.70 bits per heavy atom. The molecular weight excluding hydrogens is 986 g/mol. The van der Waals surface area contributed by atoms with Crippen LogP contribution in [0.3, 0.4) is 0 Å². The van der Waals surface area contributed by atoms with Gasteiger partial charge in [-0.05, 0) is 0 Å². The van der Waals surface area contributed by atoms with Crippen molar-refractivity contribution in [2.24, 2.45) is 0 Å². The summed E-state index contributed by atoms with van der Waals surface area (Å²) in [6.45, 7) is 1.57. The van der Waals surface area contributed by atoms with Crippen LogP contribution in [0.2, 0.25) is 0 Å². The summed E-state index contributed by atoms with van der Waals surface area (Å²) in [5.74, 6) is 0.157. The van der Waals surface area contributed by atoms with Gasteiger partial charge < -0.3 is 0 Å². The van der Waals surface area contributed by atoms with Gasteiger partial charge in [-0.25, -0.2) is 0 Å². The summed E-state index contributed by atoms with van der Waals surface area (Å²) < 4.78 is 3.68. The van der Waals surface area contributed by atoms with Crippen LogP contribution in [0, 0.1) is 0 Å². The normalized spacial score (nSPS) is 5.70. The molecule has 0 aromatic carbocycles. The first-order chi connectivity index (χ1) is 4.18. The van der Waals surface area contributed by atoms with Crippen molar-refractivity contribution in [2.75, 3.05) is 0 Å². The third-order valence-corrected chi connectivity index (χ3v) is 4.56. The van der Waals surface area contributed by atoms with Gasteiger partial charge in [0, 0.05) is 20.4 Å². The Kier molecular flexibility index (Phi) is 26.7. The zero-order valence-corrected chi connectivity index (χ0v) is 19.4. The molecule has 0 heterocycles. The van der Waals surface area contributed by atoms with Crippen molar-refractivity contribution in [3.8, 4) is 0 Å². The molecule has 57 valence electrons. The Morgan fingerprint density at radius 2 is 1.70 bits per heavy atom. The van der Waals surface area contributed by atoms with E-state index in [9.17, 15) is 4.79 Å². The van der Waals surface area contributed by atoms with Gasteiger partial charge in [0.2, 0.25) is 0 Å². The average molecular weight is 989 g/mol. The van der Waals surface area contributed by atoms with Crippen molar-refractivity contribution in [3.05, 3.63) is 0 Å². The van der Waals surface area contributed by atoms with Crippen LogP contribution in [-0.2, 0) is 96.4 Å². The fourth-order valence-electron chi connectivity index (χ4n) is 0.0719. The van der Waals surface area contributed by atoms with Gasteiger partial charge in [0.1, 0.15) is 0 Å². The van der Waals surface area contributed by atoms with E-state index in [0.29, 0.717) is 0 Å². The summed E-state index contributed by atoms with van der Waals surface area (Å²) >= 11 is 5.78. The van der Waals surface area contributed by atoms with E-state index in [1.165, 1.54) is 38.7 Å². The molecule has 0 N–H and O–H groups in total. The summed E-state index contributed by atoms with van der Waals surface area (Å²) in [6.07, 6.45) is 0. The Balaban J connectivity index is -0.000000149. The number of hydrogen-bond acceptors (Lipinski definition) is 1. The molecule has 0 aromatic rings. The monoisotopic (exact) mass is 990 g/mol. The quantitative estimate of drug-likeness (QED) is 0.343. The molecule has 0 aliphatic carbocycles. The minimum absolute atomic E-state index is 0.